The molecular formula is C12H17Cl2NO2. The summed E-state index contributed by atoms with van der Waals surface area (Å²) in [4.78, 5) is 0. The molecule has 1 aliphatic rings. The van der Waals surface area contributed by atoms with E-state index in [-0.39, 0.29) is 18.2 Å². The highest BCUT2D eigenvalue weighted by atomic mass is 35.5. The highest BCUT2D eigenvalue weighted by molar-refractivity contribution is 6.32. The first-order valence-corrected chi connectivity index (χ1v) is 5.90. The number of piperidine rings is 1. The molecule has 1 aromatic rings. The van der Waals surface area contributed by atoms with Gasteiger partial charge in [-0.25, -0.2) is 0 Å². The molecule has 0 saturated carbocycles. The number of phenols is 1. The Morgan fingerprint density at radius 1 is 1.41 bits per heavy atom. The molecule has 1 atom stereocenters. The Kier molecular flexibility index (Phi) is 5.37. The van der Waals surface area contributed by atoms with Gasteiger partial charge in [-0.1, -0.05) is 18.0 Å². The second-order valence-electron chi connectivity index (χ2n) is 4.06. The Bertz CT molecular complexity index is 379. The van der Waals surface area contributed by atoms with Gasteiger partial charge >= 0.3 is 0 Å². The van der Waals surface area contributed by atoms with Gasteiger partial charge in [-0.15, -0.1) is 12.4 Å². The lowest BCUT2D eigenvalue weighted by Crippen LogP contribution is -2.26. The largest absolute Gasteiger partial charge is 0.503 e. The van der Waals surface area contributed by atoms with Crippen molar-refractivity contribution >= 4 is 24.0 Å². The lowest BCUT2D eigenvalue weighted by atomic mass is 9.97. The number of hydrogen-bond acceptors (Lipinski definition) is 3. The summed E-state index contributed by atoms with van der Waals surface area (Å²) in [5.41, 5.74) is 1.08. The van der Waals surface area contributed by atoms with Gasteiger partial charge in [-0.3, -0.25) is 0 Å². The van der Waals surface area contributed by atoms with Gasteiger partial charge in [0.1, 0.15) is 0 Å². The first-order chi connectivity index (χ1) is 7.72. The second-order valence-corrected chi connectivity index (χ2v) is 4.46. The molecule has 1 aliphatic heterocycles. The molecule has 5 heteroatoms. The van der Waals surface area contributed by atoms with E-state index in [2.05, 4.69) is 5.32 Å². The van der Waals surface area contributed by atoms with Crippen molar-refractivity contribution in [2.24, 2.45) is 0 Å². The van der Waals surface area contributed by atoms with E-state index in [1.807, 2.05) is 12.1 Å². The van der Waals surface area contributed by atoms with Gasteiger partial charge < -0.3 is 15.2 Å². The zero-order valence-corrected chi connectivity index (χ0v) is 11.3. The molecule has 3 nitrogen and oxygen atoms in total. The Morgan fingerprint density at radius 3 is 2.76 bits per heavy atom. The fraction of sp³-hybridized carbons (Fsp3) is 0.500. The third kappa shape index (κ3) is 3.18. The van der Waals surface area contributed by atoms with Crippen LogP contribution in [0.5, 0.6) is 11.5 Å². The highest BCUT2D eigenvalue weighted by Crippen LogP contribution is 2.37. The standard InChI is InChI=1S/C12H16ClNO2.ClH/c1-16-11-7-8(6-9(13)12(11)15)10-4-2-3-5-14-10;/h6-7,10,14-15H,2-5H2,1H3;1H/t10-;/m1./s1. The summed E-state index contributed by atoms with van der Waals surface area (Å²) in [5, 5.41) is 13.4. The first kappa shape index (κ1) is 14.4. The zero-order valence-electron chi connectivity index (χ0n) is 9.70. The first-order valence-electron chi connectivity index (χ1n) is 5.52. The molecule has 0 bridgehead atoms. The van der Waals surface area contributed by atoms with Crippen LogP contribution in [0.15, 0.2) is 12.1 Å². The normalized spacial score (nSPS) is 19.5. The van der Waals surface area contributed by atoms with E-state index in [0.717, 1.165) is 18.5 Å². The molecule has 1 aromatic carbocycles. The van der Waals surface area contributed by atoms with Crippen LogP contribution in [-0.4, -0.2) is 18.8 Å². The molecule has 96 valence electrons. The maximum absolute atomic E-state index is 9.64. The van der Waals surface area contributed by atoms with Crippen LogP contribution in [0.2, 0.25) is 5.02 Å². The molecule has 17 heavy (non-hydrogen) atoms. The molecule has 2 rings (SSSR count). The molecule has 0 spiro atoms. The van der Waals surface area contributed by atoms with E-state index in [4.69, 9.17) is 16.3 Å². The monoisotopic (exact) mass is 277 g/mol. The Hall–Kier alpha value is -0.640. The number of nitrogens with one attached hydrogen (secondary N) is 1. The van der Waals surface area contributed by atoms with Crippen LogP contribution in [0.4, 0.5) is 0 Å². The summed E-state index contributed by atoms with van der Waals surface area (Å²) in [5.74, 6) is 0.457. The van der Waals surface area contributed by atoms with E-state index in [9.17, 15) is 5.11 Å². The molecule has 1 fully saturated rings. The fourth-order valence-corrected chi connectivity index (χ4v) is 2.31. The minimum absolute atomic E-state index is 0. The van der Waals surface area contributed by atoms with Crippen molar-refractivity contribution in [2.45, 2.75) is 25.3 Å². The molecule has 0 amide bonds. The number of hydrogen-bond donors (Lipinski definition) is 2. The number of halogens is 2. The van der Waals surface area contributed by atoms with Crippen molar-refractivity contribution < 1.29 is 9.84 Å². The van der Waals surface area contributed by atoms with Crippen LogP contribution in [-0.2, 0) is 0 Å². The Balaban J connectivity index is 0.00000144. The van der Waals surface area contributed by atoms with Crippen molar-refractivity contribution in [1.29, 1.82) is 0 Å². The van der Waals surface area contributed by atoms with Gasteiger partial charge in [0, 0.05) is 6.04 Å². The molecule has 0 radical (unpaired) electrons. The van der Waals surface area contributed by atoms with E-state index < -0.39 is 0 Å². The summed E-state index contributed by atoms with van der Waals surface area (Å²) in [6.07, 6.45) is 3.54. The van der Waals surface area contributed by atoms with Gasteiger partial charge in [0.05, 0.1) is 12.1 Å². The van der Waals surface area contributed by atoms with Gasteiger partial charge in [-0.05, 0) is 37.1 Å². The molecular weight excluding hydrogens is 261 g/mol. The summed E-state index contributed by atoms with van der Waals surface area (Å²) in [6, 6.07) is 3.98. The highest BCUT2D eigenvalue weighted by Gasteiger charge is 2.18. The molecule has 1 heterocycles. The maximum atomic E-state index is 9.64. The second kappa shape index (κ2) is 6.34. The van der Waals surface area contributed by atoms with Crippen molar-refractivity contribution in [2.75, 3.05) is 13.7 Å². The maximum Gasteiger partial charge on any atom is 0.176 e. The van der Waals surface area contributed by atoms with E-state index in [1.54, 1.807) is 0 Å². The Morgan fingerprint density at radius 2 is 2.18 bits per heavy atom. The van der Waals surface area contributed by atoms with Gasteiger partial charge in [0.2, 0.25) is 0 Å². The summed E-state index contributed by atoms with van der Waals surface area (Å²) < 4.78 is 5.10. The van der Waals surface area contributed by atoms with Crippen molar-refractivity contribution in [1.82, 2.24) is 5.32 Å². The van der Waals surface area contributed by atoms with Crippen LogP contribution >= 0.6 is 24.0 Å². The van der Waals surface area contributed by atoms with E-state index >= 15 is 0 Å². The number of benzene rings is 1. The van der Waals surface area contributed by atoms with Crippen LogP contribution in [0.25, 0.3) is 0 Å². The minimum atomic E-state index is 0. The summed E-state index contributed by atoms with van der Waals surface area (Å²) in [6.45, 7) is 1.03. The molecule has 2 N–H and O–H groups in total. The van der Waals surface area contributed by atoms with Crippen LogP contribution in [0.1, 0.15) is 30.9 Å². The summed E-state index contributed by atoms with van der Waals surface area (Å²) in [7, 11) is 1.53. The van der Waals surface area contributed by atoms with Gasteiger partial charge in [-0.2, -0.15) is 0 Å². The molecule has 1 saturated heterocycles. The van der Waals surface area contributed by atoms with E-state index in [1.165, 1.54) is 20.0 Å². The minimum Gasteiger partial charge on any atom is -0.503 e. The smallest absolute Gasteiger partial charge is 0.176 e. The lowest BCUT2D eigenvalue weighted by Gasteiger charge is -2.24. The number of phenolic OH excluding ortho intramolecular Hbond substituents is 1. The average Bonchev–Trinajstić information content (AvgIpc) is 2.33. The van der Waals surface area contributed by atoms with Gasteiger partial charge in [0.25, 0.3) is 0 Å². The quantitative estimate of drug-likeness (QED) is 0.872. The summed E-state index contributed by atoms with van der Waals surface area (Å²) >= 11 is 5.96. The number of rotatable bonds is 2. The van der Waals surface area contributed by atoms with Crippen molar-refractivity contribution in [3.63, 3.8) is 0 Å². The third-order valence-corrected chi connectivity index (χ3v) is 3.27. The topological polar surface area (TPSA) is 41.5 Å². The zero-order chi connectivity index (χ0) is 11.5. The molecule has 0 aromatic heterocycles. The van der Waals surface area contributed by atoms with E-state index in [0.29, 0.717) is 16.8 Å². The van der Waals surface area contributed by atoms with Crippen molar-refractivity contribution in [3.8, 4) is 11.5 Å². The number of methoxy groups -OCH3 is 1. The van der Waals surface area contributed by atoms with Crippen LogP contribution in [0.3, 0.4) is 0 Å². The number of aromatic hydroxyl groups is 1. The lowest BCUT2D eigenvalue weighted by molar-refractivity contribution is 0.369. The Labute approximate surface area is 113 Å². The number of ether oxygens (including phenoxy) is 1. The third-order valence-electron chi connectivity index (χ3n) is 2.98. The van der Waals surface area contributed by atoms with Crippen LogP contribution in [0, 0.1) is 0 Å². The SMILES string of the molecule is COc1cc([C@H]2CCCCN2)cc(Cl)c1O.Cl. The predicted octanol–water partition coefficient (Wildman–Crippen LogP) is 3.29. The molecule has 0 unspecified atom stereocenters. The van der Waals surface area contributed by atoms with Crippen molar-refractivity contribution in [3.05, 3.63) is 22.7 Å². The average molecular weight is 278 g/mol. The van der Waals surface area contributed by atoms with Crippen LogP contribution < -0.4 is 10.1 Å². The fourth-order valence-electron chi connectivity index (χ4n) is 2.09. The van der Waals surface area contributed by atoms with Gasteiger partial charge in [0.15, 0.2) is 11.5 Å². The molecule has 0 aliphatic carbocycles. The predicted molar refractivity (Wildman–Crippen MR) is 71.5 cm³/mol.